The molecule has 1 N–H and O–H groups in total. The van der Waals surface area contributed by atoms with E-state index in [1.54, 1.807) is 0 Å². The van der Waals surface area contributed by atoms with E-state index in [0.717, 1.165) is 18.3 Å². The van der Waals surface area contributed by atoms with Gasteiger partial charge in [-0.1, -0.05) is 37.7 Å². The van der Waals surface area contributed by atoms with E-state index in [1.165, 1.54) is 0 Å². The number of hydrogen-bond acceptors (Lipinski definition) is 1. The van der Waals surface area contributed by atoms with Crippen molar-refractivity contribution in [3.63, 3.8) is 0 Å². The molecule has 5 heteroatoms. The highest BCUT2D eigenvalue weighted by atomic mass is 14.7. The lowest BCUT2D eigenvalue weighted by molar-refractivity contribution is 0.581. The maximum absolute atomic E-state index is 3.22. The Bertz CT molecular complexity index is 174. The first-order valence-electron chi connectivity index (χ1n) is 4.46. The Kier molecular flexibility index (Phi) is 1.68. The van der Waals surface area contributed by atoms with Gasteiger partial charge in [0.15, 0.2) is 7.41 Å². The lowest BCUT2D eigenvalue weighted by atomic mass is 9.10. The van der Waals surface area contributed by atoms with E-state index in [2.05, 4.69) is 47.7 Å². The molecule has 2 heterocycles. The van der Waals surface area contributed by atoms with Crippen molar-refractivity contribution in [3.05, 3.63) is 0 Å². The van der Waals surface area contributed by atoms with Crippen molar-refractivity contribution in [2.24, 2.45) is 5.92 Å². The topological polar surface area (TPSA) is 12.0 Å². The summed E-state index contributed by atoms with van der Waals surface area (Å²) in [6.45, 7) is 7.78. The van der Waals surface area contributed by atoms with Crippen LogP contribution in [-0.2, 0) is 0 Å². The largest absolute Gasteiger partial charge is 0.414 e. The molecule has 0 aromatic carbocycles. The minimum atomic E-state index is 0.481. The van der Waals surface area contributed by atoms with Crippen LogP contribution < -0.4 is 5.14 Å². The fraction of sp³-hybridized carbons (Fsp3) is 1.00. The average Bonchev–Trinajstić information content (AvgIpc) is 2.60. The second-order valence-corrected chi connectivity index (χ2v) is 4.14. The lowest BCUT2D eigenvalue weighted by Crippen LogP contribution is -2.44. The molecule has 3 radical (unpaired) electrons. The minimum absolute atomic E-state index is 0.481. The van der Waals surface area contributed by atoms with Crippen molar-refractivity contribution in [2.45, 2.75) is 31.8 Å². The Morgan fingerprint density at radius 3 is 2.73 bits per heavy atom. The first kappa shape index (κ1) is 7.85. The SMILES string of the molecule is CC(C)C12[B]N[B][B]B1C2C. The molecule has 11 heavy (non-hydrogen) atoms. The number of rotatable bonds is 1. The highest BCUT2D eigenvalue weighted by Crippen LogP contribution is 2.66. The summed E-state index contributed by atoms with van der Waals surface area (Å²) in [6.07, 6.45) is 0. The third kappa shape index (κ3) is 0.867. The summed E-state index contributed by atoms with van der Waals surface area (Å²) in [5.41, 5.74) is 0. The highest BCUT2D eigenvalue weighted by molar-refractivity contribution is 7.44. The number of nitrogens with one attached hydrogen (secondary N) is 1. The number of fused-ring (bicyclic) bond motifs is 1. The van der Waals surface area contributed by atoms with Crippen LogP contribution in [0, 0.1) is 5.92 Å². The average molecular weight is 141 g/mol. The van der Waals surface area contributed by atoms with E-state index in [9.17, 15) is 0 Å². The van der Waals surface area contributed by atoms with Crippen molar-refractivity contribution in [1.29, 1.82) is 0 Å². The zero-order chi connectivity index (χ0) is 8.06. The van der Waals surface area contributed by atoms with Crippen molar-refractivity contribution in [2.75, 3.05) is 0 Å². The third-order valence-electron chi connectivity index (χ3n) is 3.53. The van der Waals surface area contributed by atoms with Crippen LogP contribution in [0.3, 0.4) is 0 Å². The summed E-state index contributed by atoms with van der Waals surface area (Å²) in [6, 6.07) is 0. The zero-order valence-corrected chi connectivity index (χ0v) is 7.46. The van der Waals surface area contributed by atoms with Gasteiger partial charge in [-0.3, -0.25) is 0 Å². The van der Waals surface area contributed by atoms with E-state index in [1.807, 2.05) is 0 Å². The monoisotopic (exact) mass is 142 g/mol. The molecule has 0 bridgehead atoms. The van der Waals surface area contributed by atoms with Crippen molar-refractivity contribution in [1.82, 2.24) is 5.14 Å². The molecule has 2 unspecified atom stereocenters. The molecule has 0 aromatic rings. The second kappa shape index (κ2) is 2.35. The quantitative estimate of drug-likeness (QED) is 0.514. The molecule has 2 fully saturated rings. The van der Waals surface area contributed by atoms with Crippen LogP contribution in [0.4, 0.5) is 0 Å². The first-order valence-corrected chi connectivity index (χ1v) is 4.46. The molecule has 2 aliphatic heterocycles. The van der Waals surface area contributed by atoms with Crippen LogP contribution in [0.25, 0.3) is 0 Å². The normalized spacial score (nSPS) is 40.4. The van der Waals surface area contributed by atoms with Gasteiger partial charge in [-0.15, -0.1) is 0 Å². The van der Waals surface area contributed by atoms with Crippen LogP contribution >= 0.6 is 0 Å². The molecule has 2 saturated heterocycles. The van der Waals surface area contributed by atoms with Gasteiger partial charge in [-0.25, -0.2) is 0 Å². The first-order chi connectivity index (χ1) is 5.19. The van der Waals surface area contributed by atoms with E-state index in [-0.39, 0.29) is 0 Å². The molecule has 2 atom stereocenters. The van der Waals surface area contributed by atoms with Gasteiger partial charge in [0.2, 0.25) is 0 Å². The van der Waals surface area contributed by atoms with Crippen molar-refractivity contribution in [3.8, 4) is 0 Å². The summed E-state index contributed by atoms with van der Waals surface area (Å²) < 4.78 is 0. The Morgan fingerprint density at radius 1 is 1.55 bits per heavy atom. The predicted octanol–water partition coefficient (Wildman–Crippen LogP) is 0.196. The fourth-order valence-electron chi connectivity index (χ4n) is 2.64. The predicted molar refractivity (Wildman–Crippen MR) is 53.1 cm³/mol. The Balaban J connectivity index is 2.13. The molecule has 1 nitrogen and oxygen atoms in total. The number of hydrogen-bond donors (Lipinski definition) is 1. The Labute approximate surface area is 71.9 Å². The van der Waals surface area contributed by atoms with Gasteiger partial charge in [0.25, 0.3) is 0 Å². The van der Waals surface area contributed by atoms with Gasteiger partial charge >= 0.3 is 0 Å². The van der Waals surface area contributed by atoms with Crippen molar-refractivity contribution >= 4 is 28.4 Å². The van der Waals surface area contributed by atoms with Crippen LogP contribution in [0.5, 0.6) is 0 Å². The molecular formula is C6H12B4N. The summed E-state index contributed by atoms with van der Waals surface area (Å²) in [7, 11) is 6.66. The summed E-state index contributed by atoms with van der Waals surface area (Å²) in [5, 5.41) is 3.70. The van der Waals surface area contributed by atoms with E-state index >= 15 is 0 Å². The summed E-state index contributed by atoms with van der Waals surface area (Å²) in [5.74, 6) is 1.61. The van der Waals surface area contributed by atoms with Crippen LogP contribution in [-0.4, -0.2) is 28.4 Å². The minimum Gasteiger partial charge on any atom is -0.414 e. The molecule has 0 aromatic heterocycles. The molecule has 53 valence electrons. The van der Waals surface area contributed by atoms with Gasteiger partial charge in [-0.2, -0.15) is 0 Å². The Hall–Kier alpha value is 0.220. The van der Waals surface area contributed by atoms with Gasteiger partial charge in [0, 0.05) is 0 Å². The summed E-state index contributed by atoms with van der Waals surface area (Å²) in [4.78, 5) is 0. The summed E-state index contributed by atoms with van der Waals surface area (Å²) >= 11 is 0. The molecule has 0 amide bonds. The van der Waals surface area contributed by atoms with Gasteiger partial charge in [0.05, 0.1) is 13.7 Å². The lowest BCUT2D eigenvalue weighted by Gasteiger charge is -2.25. The second-order valence-electron chi connectivity index (χ2n) is 4.14. The zero-order valence-electron chi connectivity index (χ0n) is 7.46. The van der Waals surface area contributed by atoms with Gasteiger partial charge < -0.3 is 5.14 Å². The molecule has 2 rings (SSSR count). The van der Waals surface area contributed by atoms with Crippen LogP contribution in [0.1, 0.15) is 20.8 Å². The van der Waals surface area contributed by atoms with Crippen LogP contribution in [0.15, 0.2) is 0 Å². The standard InChI is InChI=1S/C6H12B4N/c1-4(2)6-5(3)10(6)8-9-11-7-6/h4-5,11H,1-3H3. The van der Waals surface area contributed by atoms with Crippen molar-refractivity contribution < 1.29 is 0 Å². The molecule has 0 spiro atoms. The third-order valence-corrected chi connectivity index (χ3v) is 3.53. The van der Waals surface area contributed by atoms with Gasteiger partial charge in [0.1, 0.15) is 7.31 Å². The highest BCUT2D eigenvalue weighted by Gasteiger charge is 2.65. The van der Waals surface area contributed by atoms with E-state index in [4.69, 9.17) is 0 Å². The maximum Gasteiger partial charge on any atom is 0.190 e. The molecular weight excluding hydrogens is 129 g/mol. The van der Waals surface area contributed by atoms with Crippen LogP contribution in [0.2, 0.25) is 11.0 Å². The molecule has 2 aliphatic rings. The maximum atomic E-state index is 3.22. The van der Waals surface area contributed by atoms with E-state index in [0.29, 0.717) is 5.21 Å². The molecule has 0 saturated carbocycles. The molecule has 0 aliphatic carbocycles. The van der Waals surface area contributed by atoms with Gasteiger partial charge in [-0.05, 0) is 0 Å². The smallest absolute Gasteiger partial charge is 0.190 e. The fourth-order valence-corrected chi connectivity index (χ4v) is 2.64. The Morgan fingerprint density at radius 2 is 2.27 bits per heavy atom. The van der Waals surface area contributed by atoms with E-state index < -0.39 is 0 Å².